The molecule has 1 spiro atoms. The molecule has 0 radical (unpaired) electrons. The van der Waals surface area contributed by atoms with E-state index in [9.17, 15) is 4.79 Å². The molecule has 2 aliphatic rings. The van der Waals surface area contributed by atoms with Gasteiger partial charge in [-0.05, 0) is 60.4 Å². The fourth-order valence-electron chi connectivity index (χ4n) is 3.28. The molecule has 0 amide bonds. The molecule has 1 saturated heterocycles. The molecular formula is C14H18INO2. The van der Waals surface area contributed by atoms with Crippen LogP contribution in [0.1, 0.15) is 38.5 Å². The summed E-state index contributed by atoms with van der Waals surface area (Å²) in [6.45, 7) is 0.706. The van der Waals surface area contributed by atoms with Crippen LogP contribution in [0.15, 0.2) is 23.1 Å². The maximum atomic E-state index is 12.0. The van der Waals surface area contributed by atoms with Crippen LogP contribution in [0.25, 0.3) is 0 Å². The van der Waals surface area contributed by atoms with Crippen molar-refractivity contribution in [1.82, 2.24) is 4.57 Å². The van der Waals surface area contributed by atoms with Gasteiger partial charge in [0.15, 0.2) is 0 Å². The van der Waals surface area contributed by atoms with Gasteiger partial charge in [-0.15, -0.1) is 0 Å². The number of hydrogen-bond acceptors (Lipinski definition) is 2. The largest absolute Gasteiger partial charge is 0.370 e. The average molecular weight is 359 g/mol. The summed E-state index contributed by atoms with van der Waals surface area (Å²) in [6.07, 6.45) is 9.39. The van der Waals surface area contributed by atoms with Gasteiger partial charge in [0.25, 0.3) is 5.56 Å². The van der Waals surface area contributed by atoms with E-state index >= 15 is 0 Å². The summed E-state index contributed by atoms with van der Waals surface area (Å²) < 4.78 is 8.82. The first-order chi connectivity index (χ1) is 8.69. The fourth-order valence-corrected chi connectivity index (χ4v) is 3.80. The molecule has 3 rings (SSSR count). The highest BCUT2D eigenvalue weighted by atomic mass is 127. The third-order valence-electron chi connectivity index (χ3n) is 4.23. The van der Waals surface area contributed by atoms with Crippen molar-refractivity contribution >= 4 is 22.6 Å². The highest BCUT2D eigenvalue weighted by Gasteiger charge is 2.42. The molecule has 2 fully saturated rings. The van der Waals surface area contributed by atoms with Gasteiger partial charge in [-0.3, -0.25) is 4.79 Å². The first kappa shape index (κ1) is 12.7. The van der Waals surface area contributed by atoms with Crippen LogP contribution >= 0.6 is 22.6 Å². The second-order valence-electron chi connectivity index (χ2n) is 5.48. The van der Waals surface area contributed by atoms with Crippen LogP contribution in [0.4, 0.5) is 0 Å². The summed E-state index contributed by atoms with van der Waals surface area (Å²) in [4.78, 5) is 12.0. The smallest absolute Gasteiger partial charge is 0.264 e. The summed E-state index contributed by atoms with van der Waals surface area (Å²) in [7, 11) is 0. The summed E-state index contributed by atoms with van der Waals surface area (Å²) in [6, 6.07) is 3.79. The van der Waals surface area contributed by atoms with E-state index in [0.29, 0.717) is 6.54 Å². The highest BCUT2D eigenvalue weighted by molar-refractivity contribution is 14.1. The Labute approximate surface area is 121 Å². The van der Waals surface area contributed by atoms with Crippen LogP contribution in [0.5, 0.6) is 0 Å². The number of ether oxygens (including phenoxy) is 1. The minimum atomic E-state index is 0.106. The molecule has 0 bridgehead atoms. The van der Waals surface area contributed by atoms with E-state index in [1.54, 1.807) is 4.57 Å². The van der Waals surface area contributed by atoms with Gasteiger partial charge in [-0.25, -0.2) is 0 Å². The Kier molecular flexibility index (Phi) is 3.49. The predicted octanol–water partition coefficient (Wildman–Crippen LogP) is 2.94. The number of rotatable bonds is 2. The molecule has 1 saturated carbocycles. The Morgan fingerprint density at radius 1 is 1.39 bits per heavy atom. The minimum Gasteiger partial charge on any atom is -0.370 e. The lowest BCUT2D eigenvalue weighted by atomic mass is 9.98. The first-order valence-corrected chi connectivity index (χ1v) is 7.79. The second kappa shape index (κ2) is 4.96. The quantitative estimate of drug-likeness (QED) is 0.761. The average Bonchev–Trinajstić information content (AvgIpc) is 2.97. The Hall–Kier alpha value is -0.360. The van der Waals surface area contributed by atoms with E-state index in [2.05, 4.69) is 22.6 Å². The van der Waals surface area contributed by atoms with Gasteiger partial charge in [0.05, 0.1) is 21.8 Å². The molecule has 1 aliphatic carbocycles. The van der Waals surface area contributed by atoms with Crippen LogP contribution in [0.2, 0.25) is 0 Å². The Morgan fingerprint density at radius 3 is 2.94 bits per heavy atom. The number of aromatic nitrogens is 1. The standard InChI is InChI=1S/C14H18INO2/c15-12-4-3-9-16(13(12)17)10-11-5-8-14(18-11)6-1-2-7-14/h3-4,9,11H,1-2,5-8,10H2. The zero-order valence-corrected chi connectivity index (χ0v) is 12.6. The molecule has 1 aromatic rings. The zero-order chi connectivity index (χ0) is 12.6. The minimum absolute atomic E-state index is 0.106. The Bertz CT molecular complexity index is 491. The summed E-state index contributed by atoms with van der Waals surface area (Å²) in [5.41, 5.74) is 0.269. The molecule has 1 aromatic heterocycles. The third kappa shape index (κ3) is 2.37. The third-order valence-corrected chi connectivity index (χ3v) is 5.05. The molecule has 1 aliphatic heterocycles. The van der Waals surface area contributed by atoms with Gasteiger partial charge in [0.2, 0.25) is 0 Å². The molecule has 3 nitrogen and oxygen atoms in total. The van der Waals surface area contributed by atoms with Crippen molar-refractivity contribution in [1.29, 1.82) is 0 Å². The predicted molar refractivity (Wildman–Crippen MR) is 78.7 cm³/mol. The first-order valence-electron chi connectivity index (χ1n) is 6.71. The van der Waals surface area contributed by atoms with Gasteiger partial charge in [0.1, 0.15) is 0 Å². The summed E-state index contributed by atoms with van der Waals surface area (Å²) in [5.74, 6) is 0. The van der Waals surface area contributed by atoms with Gasteiger partial charge in [0, 0.05) is 6.20 Å². The van der Waals surface area contributed by atoms with E-state index in [0.717, 1.165) is 9.99 Å². The molecule has 18 heavy (non-hydrogen) atoms. The lowest BCUT2D eigenvalue weighted by molar-refractivity contribution is -0.0421. The highest BCUT2D eigenvalue weighted by Crippen LogP contribution is 2.43. The number of nitrogens with zero attached hydrogens (tertiary/aromatic N) is 1. The molecule has 1 unspecified atom stereocenters. The van der Waals surface area contributed by atoms with Crippen molar-refractivity contribution in [3.63, 3.8) is 0 Å². The van der Waals surface area contributed by atoms with Crippen LogP contribution in [-0.2, 0) is 11.3 Å². The van der Waals surface area contributed by atoms with Crippen molar-refractivity contribution in [2.24, 2.45) is 0 Å². The maximum absolute atomic E-state index is 12.0. The van der Waals surface area contributed by atoms with Crippen molar-refractivity contribution in [2.75, 3.05) is 0 Å². The number of halogens is 1. The SMILES string of the molecule is O=c1c(I)cccn1CC1CCC2(CCCC2)O1. The summed E-state index contributed by atoms with van der Waals surface area (Å²) >= 11 is 2.09. The van der Waals surface area contributed by atoms with Gasteiger partial charge in [-0.1, -0.05) is 12.8 Å². The van der Waals surface area contributed by atoms with Crippen molar-refractivity contribution in [3.8, 4) is 0 Å². The Balaban J connectivity index is 1.71. The lowest BCUT2D eigenvalue weighted by Crippen LogP contribution is -2.30. The van der Waals surface area contributed by atoms with Crippen LogP contribution in [0.3, 0.4) is 0 Å². The summed E-state index contributed by atoms with van der Waals surface area (Å²) in [5, 5.41) is 0. The second-order valence-corrected chi connectivity index (χ2v) is 6.64. The van der Waals surface area contributed by atoms with Crippen LogP contribution < -0.4 is 5.56 Å². The molecule has 0 N–H and O–H groups in total. The van der Waals surface area contributed by atoms with E-state index in [1.807, 2.05) is 18.3 Å². The van der Waals surface area contributed by atoms with E-state index in [4.69, 9.17) is 4.74 Å². The van der Waals surface area contributed by atoms with Crippen molar-refractivity contribution < 1.29 is 4.74 Å². The van der Waals surface area contributed by atoms with Gasteiger partial charge >= 0.3 is 0 Å². The fraction of sp³-hybridized carbons (Fsp3) is 0.643. The molecule has 2 heterocycles. The maximum Gasteiger partial charge on any atom is 0.264 e. The normalized spacial score (nSPS) is 25.9. The van der Waals surface area contributed by atoms with Crippen molar-refractivity contribution in [2.45, 2.75) is 56.8 Å². The lowest BCUT2D eigenvalue weighted by Gasteiger charge is -2.24. The monoisotopic (exact) mass is 359 g/mol. The molecule has 1 atom stereocenters. The van der Waals surface area contributed by atoms with E-state index in [-0.39, 0.29) is 17.3 Å². The van der Waals surface area contributed by atoms with Crippen molar-refractivity contribution in [3.05, 3.63) is 32.3 Å². The zero-order valence-electron chi connectivity index (χ0n) is 10.4. The van der Waals surface area contributed by atoms with E-state index < -0.39 is 0 Å². The topological polar surface area (TPSA) is 31.2 Å². The molecule has 4 heteroatoms. The van der Waals surface area contributed by atoms with E-state index in [1.165, 1.54) is 32.1 Å². The molecular weight excluding hydrogens is 341 g/mol. The van der Waals surface area contributed by atoms with Crippen LogP contribution in [0, 0.1) is 3.57 Å². The Morgan fingerprint density at radius 2 is 2.17 bits per heavy atom. The number of pyridine rings is 1. The molecule has 0 aromatic carbocycles. The number of hydrogen-bond donors (Lipinski definition) is 0. The van der Waals surface area contributed by atoms with Crippen LogP contribution in [-0.4, -0.2) is 16.3 Å². The van der Waals surface area contributed by atoms with Gasteiger partial charge in [-0.2, -0.15) is 0 Å². The molecule has 98 valence electrons. The van der Waals surface area contributed by atoms with Gasteiger partial charge < -0.3 is 9.30 Å².